The Morgan fingerprint density at radius 2 is 1.84 bits per heavy atom. The van der Waals surface area contributed by atoms with Crippen molar-refractivity contribution in [1.82, 2.24) is 10.6 Å². The highest BCUT2D eigenvalue weighted by Crippen LogP contribution is 2.16. The molecular formula is C14H21N3O2. The second-order valence-electron chi connectivity index (χ2n) is 4.73. The first-order chi connectivity index (χ1) is 8.92. The van der Waals surface area contributed by atoms with Gasteiger partial charge in [0.25, 0.3) is 5.91 Å². The number of likely N-dealkylation sites (N-methyl/N-ethyl adjacent to an activating group) is 1. The van der Waals surface area contributed by atoms with Gasteiger partial charge in [-0.1, -0.05) is 19.1 Å². The van der Waals surface area contributed by atoms with Crippen molar-refractivity contribution in [3.05, 3.63) is 29.8 Å². The Balaban J connectivity index is 2.94. The number of hydrogen-bond donors (Lipinski definition) is 3. The first-order valence-corrected chi connectivity index (χ1v) is 6.30. The van der Waals surface area contributed by atoms with Crippen LogP contribution in [0.2, 0.25) is 0 Å². The Morgan fingerprint density at radius 1 is 1.21 bits per heavy atom. The van der Waals surface area contributed by atoms with E-state index in [1.165, 1.54) is 0 Å². The lowest BCUT2D eigenvalue weighted by Gasteiger charge is -2.25. The van der Waals surface area contributed by atoms with E-state index in [1.807, 2.05) is 6.92 Å². The lowest BCUT2D eigenvalue weighted by molar-refractivity contribution is -0.121. The fourth-order valence-electron chi connectivity index (χ4n) is 1.73. The molecule has 0 saturated heterocycles. The molecule has 0 aliphatic carbocycles. The van der Waals surface area contributed by atoms with Gasteiger partial charge in [-0.25, -0.2) is 0 Å². The van der Waals surface area contributed by atoms with Crippen LogP contribution >= 0.6 is 0 Å². The summed E-state index contributed by atoms with van der Waals surface area (Å²) in [5.41, 5.74) is 0.272. The molecular weight excluding hydrogens is 242 g/mol. The second kappa shape index (κ2) is 6.33. The molecule has 0 saturated carbocycles. The van der Waals surface area contributed by atoms with Crippen molar-refractivity contribution >= 4 is 17.5 Å². The molecule has 1 aromatic rings. The molecule has 0 aromatic heterocycles. The van der Waals surface area contributed by atoms with E-state index < -0.39 is 5.54 Å². The van der Waals surface area contributed by atoms with E-state index in [1.54, 1.807) is 45.2 Å². The maximum Gasteiger partial charge on any atom is 0.253 e. The zero-order chi connectivity index (χ0) is 14.5. The van der Waals surface area contributed by atoms with Crippen LogP contribution in [0, 0.1) is 0 Å². The number of carbonyl (C=O) groups is 2. The van der Waals surface area contributed by atoms with Crippen LogP contribution in [0.25, 0.3) is 0 Å². The minimum atomic E-state index is -0.690. The fraction of sp³-hybridized carbons (Fsp3) is 0.429. The van der Waals surface area contributed by atoms with Crippen molar-refractivity contribution in [2.75, 3.05) is 18.9 Å². The molecule has 2 amide bonds. The summed E-state index contributed by atoms with van der Waals surface area (Å²) >= 11 is 0. The monoisotopic (exact) mass is 263 g/mol. The molecule has 3 N–H and O–H groups in total. The molecule has 0 fully saturated rings. The predicted octanol–water partition coefficient (Wildman–Crippen LogP) is 1.37. The van der Waals surface area contributed by atoms with Gasteiger partial charge >= 0.3 is 0 Å². The van der Waals surface area contributed by atoms with Gasteiger partial charge in [0.05, 0.1) is 16.8 Å². The molecule has 5 heteroatoms. The lowest BCUT2D eigenvalue weighted by Crippen LogP contribution is -2.49. The van der Waals surface area contributed by atoms with Crippen molar-refractivity contribution in [1.29, 1.82) is 0 Å². The average molecular weight is 263 g/mol. The van der Waals surface area contributed by atoms with E-state index >= 15 is 0 Å². The number of rotatable bonds is 5. The quantitative estimate of drug-likeness (QED) is 0.751. The smallest absolute Gasteiger partial charge is 0.253 e. The first kappa shape index (κ1) is 15.2. The Kier molecular flexibility index (Phi) is 5.06. The number of nitrogens with one attached hydrogen (secondary N) is 3. The Hall–Kier alpha value is -1.88. The van der Waals surface area contributed by atoms with Gasteiger partial charge in [0.15, 0.2) is 0 Å². The normalized spacial score (nSPS) is 10.9. The summed E-state index contributed by atoms with van der Waals surface area (Å²) in [6, 6.07) is 6.93. The van der Waals surface area contributed by atoms with Gasteiger partial charge in [0.1, 0.15) is 0 Å². The summed E-state index contributed by atoms with van der Waals surface area (Å²) in [5.74, 6) is -0.400. The molecule has 1 rings (SSSR count). The molecule has 0 unspecified atom stereocenters. The van der Waals surface area contributed by atoms with Gasteiger partial charge in [-0.3, -0.25) is 9.59 Å². The van der Waals surface area contributed by atoms with E-state index in [0.29, 0.717) is 17.8 Å². The van der Waals surface area contributed by atoms with Gasteiger partial charge in [-0.2, -0.15) is 0 Å². The summed E-state index contributed by atoms with van der Waals surface area (Å²) in [6.45, 7) is 6.23. The number of anilines is 1. The van der Waals surface area contributed by atoms with Crippen molar-refractivity contribution in [3.8, 4) is 0 Å². The van der Waals surface area contributed by atoms with Crippen molar-refractivity contribution < 1.29 is 9.59 Å². The van der Waals surface area contributed by atoms with Gasteiger partial charge in [-0.05, 0) is 32.5 Å². The maximum atomic E-state index is 12.2. The first-order valence-electron chi connectivity index (χ1n) is 6.30. The highest BCUT2D eigenvalue weighted by Gasteiger charge is 2.27. The summed E-state index contributed by atoms with van der Waals surface area (Å²) in [4.78, 5) is 23.9. The number of hydrogen-bond acceptors (Lipinski definition) is 3. The van der Waals surface area contributed by atoms with Gasteiger partial charge in [-0.15, -0.1) is 0 Å². The molecule has 1 aromatic carbocycles. The van der Waals surface area contributed by atoms with Gasteiger partial charge < -0.3 is 16.0 Å². The standard InChI is InChI=1S/C14H21N3O2/c1-5-16-14(2,3)13(19)17-11-9-7-6-8-10(11)12(18)15-4/h6-9,16H,5H2,1-4H3,(H,15,18)(H,17,19). The number of carbonyl (C=O) groups excluding carboxylic acids is 2. The van der Waals surface area contributed by atoms with Gasteiger partial charge in [0.2, 0.25) is 5.91 Å². The largest absolute Gasteiger partial charge is 0.355 e. The Labute approximate surface area is 113 Å². The molecule has 5 nitrogen and oxygen atoms in total. The zero-order valence-corrected chi connectivity index (χ0v) is 11.8. The highest BCUT2D eigenvalue weighted by atomic mass is 16.2. The Bertz CT molecular complexity index is 470. The third kappa shape index (κ3) is 3.79. The lowest BCUT2D eigenvalue weighted by atomic mass is 10.0. The molecule has 0 heterocycles. The van der Waals surface area contributed by atoms with E-state index in [-0.39, 0.29) is 11.8 Å². The Morgan fingerprint density at radius 3 is 2.42 bits per heavy atom. The predicted molar refractivity (Wildman–Crippen MR) is 76.2 cm³/mol. The van der Waals surface area contributed by atoms with E-state index in [2.05, 4.69) is 16.0 Å². The number of benzene rings is 1. The molecule has 104 valence electrons. The summed E-state index contributed by atoms with van der Waals surface area (Å²) in [5, 5.41) is 8.43. The van der Waals surface area contributed by atoms with Crippen LogP contribution in [0.3, 0.4) is 0 Å². The molecule has 19 heavy (non-hydrogen) atoms. The highest BCUT2D eigenvalue weighted by molar-refractivity contribution is 6.05. The van der Waals surface area contributed by atoms with Crippen LogP contribution in [0.1, 0.15) is 31.1 Å². The van der Waals surface area contributed by atoms with Crippen molar-refractivity contribution in [2.45, 2.75) is 26.3 Å². The summed E-state index contributed by atoms with van der Waals surface area (Å²) in [7, 11) is 1.56. The van der Waals surface area contributed by atoms with E-state index in [9.17, 15) is 9.59 Å². The van der Waals surface area contributed by atoms with E-state index in [0.717, 1.165) is 0 Å². The molecule has 0 aliphatic rings. The average Bonchev–Trinajstić information content (AvgIpc) is 2.38. The third-order valence-electron chi connectivity index (χ3n) is 2.83. The van der Waals surface area contributed by atoms with Crippen LogP contribution in [0.5, 0.6) is 0 Å². The van der Waals surface area contributed by atoms with Crippen LogP contribution < -0.4 is 16.0 Å². The van der Waals surface area contributed by atoms with E-state index in [4.69, 9.17) is 0 Å². The number of para-hydroxylation sites is 1. The van der Waals surface area contributed by atoms with Crippen molar-refractivity contribution in [2.24, 2.45) is 0 Å². The SMILES string of the molecule is CCNC(C)(C)C(=O)Nc1ccccc1C(=O)NC. The summed E-state index contributed by atoms with van der Waals surface area (Å²) in [6.07, 6.45) is 0. The minimum absolute atomic E-state index is 0.175. The number of amides is 2. The molecule has 0 bridgehead atoms. The second-order valence-corrected chi connectivity index (χ2v) is 4.73. The zero-order valence-electron chi connectivity index (χ0n) is 11.8. The molecule has 0 atom stereocenters. The fourth-order valence-corrected chi connectivity index (χ4v) is 1.73. The summed E-state index contributed by atoms with van der Waals surface area (Å²) < 4.78 is 0. The third-order valence-corrected chi connectivity index (χ3v) is 2.83. The minimum Gasteiger partial charge on any atom is -0.355 e. The molecule has 0 aliphatic heterocycles. The van der Waals surface area contributed by atoms with Gasteiger partial charge in [0, 0.05) is 7.05 Å². The molecule has 0 spiro atoms. The van der Waals surface area contributed by atoms with Crippen LogP contribution in [0.4, 0.5) is 5.69 Å². The molecule has 0 radical (unpaired) electrons. The van der Waals surface area contributed by atoms with Crippen LogP contribution in [-0.4, -0.2) is 30.9 Å². The maximum absolute atomic E-state index is 12.2. The van der Waals surface area contributed by atoms with Crippen molar-refractivity contribution in [3.63, 3.8) is 0 Å². The topological polar surface area (TPSA) is 70.2 Å². The van der Waals surface area contributed by atoms with Crippen LogP contribution in [-0.2, 0) is 4.79 Å². The van der Waals surface area contributed by atoms with Crippen LogP contribution in [0.15, 0.2) is 24.3 Å².